The number of Topliss-reactive ketones (excluding diaryl/α,β-unsaturated/α-hetero) is 1. The molecule has 12 nitrogen and oxygen atoms in total. The molecule has 0 saturated carbocycles. The van der Waals surface area contributed by atoms with E-state index in [-0.39, 0.29) is 12.2 Å². The molecule has 0 aromatic heterocycles. The van der Waals surface area contributed by atoms with Gasteiger partial charge in [-0.2, -0.15) is 0 Å². The second-order valence-corrected chi connectivity index (χ2v) is 13.5. The van der Waals surface area contributed by atoms with E-state index in [9.17, 15) is 44.4 Å². The van der Waals surface area contributed by atoms with Crippen molar-refractivity contribution in [3.63, 3.8) is 0 Å². The topological polar surface area (TPSA) is 200 Å². The molecule has 2 rings (SSSR count). The third kappa shape index (κ3) is 18.2. The van der Waals surface area contributed by atoms with Crippen LogP contribution in [0.5, 0.6) is 5.75 Å². The maximum Gasteiger partial charge on any atom is 0.337 e. The van der Waals surface area contributed by atoms with Crippen molar-refractivity contribution in [2.45, 2.75) is 121 Å². The second kappa shape index (κ2) is 25.4. The van der Waals surface area contributed by atoms with E-state index in [1.54, 1.807) is 24.3 Å². The van der Waals surface area contributed by atoms with Crippen molar-refractivity contribution in [1.29, 1.82) is 0 Å². The molecule has 3 atom stereocenters. The molecule has 12 heteroatoms. The van der Waals surface area contributed by atoms with Crippen LogP contribution in [-0.4, -0.2) is 74.8 Å². The number of unbranched alkanes of at least 4 members (excludes halogenated alkanes) is 8. The average Bonchev–Trinajstić information content (AvgIpc) is 3.12. The molecule has 292 valence electrons. The number of ether oxygens (including phenoxy) is 1. The molecule has 0 heterocycles. The Labute approximate surface area is 313 Å². The second-order valence-electron chi connectivity index (χ2n) is 13.5. The number of allylic oxidation sites excluding steroid dienone is 1. The van der Waals surface area contributed by atoms with E-state index in [1.165, 1.54) is 18.1 Å². The van der Waals surface area contributed by atoms with E-state index >= 15 is 0 Å². The molecule has 2 aromatic rings. The number of hydrogen-bond acceptors (Lipinski definition) is 8. The van der Waals surface area contributed by atoms with Gasteiger partial charge < -0.3 is 35.8 Å². The summed E-state index contributed by atoms with van der Waals surface area (Å²) >= 11 is 0. The standard InChI is InChI=1S/C41H58N2O10/c1-2-3-4-7-13-19-33(44)20-14-8-5-6-9-15-21-35(41(52,40(50)51)29-37(45)46)38(47)43-36(39(48)49)28-31-22-24-34(25-23-31)53-27-16-26-42-30-32-17-11-10-12-18-32/h10-12,15,17-18,21-25,35-36,42,52H,2-9,13-14,16,19-20,26-30H2,1H3,(H,43,47)(H,45,46)(H,48,49)(H,50,51)/b21-15+/t35-,36-,41-/m0/s1. The summed E-state index contributed by atoms with van der Waals surface area (Å²) < 4.78 is 5.78. The molecule has 53 heavy (non-hydrogen) atoms. The Bertz CT molecular complexity index is 1430. The highest BCUT2D eigenvalue weighted by Crippen LogP contribution is 2.26. The minimum Gasteiger partial charge on any atom is -0.494 e. The summed E-state index contributed by atoms with van der Waals surface area (Å²) in [7, 11) is 0. The Kier molecular flexibility index (Phi) is 21.4. The van der Waals surface area contributed by atoms with Gasteiger partial charge in [0.1, 0.15) is 17.6 Å². The van der Waals surface area contributed by atoms with Gasteiger partial charge in [0, 0.05) is 25.8 Å². The smallest absolute Gasteiger partial charge is 0.337 e. The van der Waals surface area contributed by atoms with E-state index in [1.807, 2.05) is 30.3 Å². The fraction of sp³-hybridized carbons (Fsp3) is 0.537. The van der Waals surface area contributed by atoms with Crippen molar-refractivity contribution in [3.05, 3.63) is 77.9 Å². The van der Waals surface area contributed by atoms with Crippen LogP contribution in [0.4, 0.5) is 0 Å². The highest BCUT2D eigenvalue weighted by molar-refractivity contribution is 5.94. The maximum atomic E-state index is 13.4. The lowest BCUT2D eigenvalue weighted by Crippen LogP contribution is -2.55. The summed E-state index contributed by atoms with van der Waals surface area (Å²) in [6.45, 7) is 4.13. The first-order chi connectivity index (χ1) is 25.5. The summed E-state index contributed by atoms with van der Waals surface area (Å²) in [5, 5.41) is 45.7. The molecule has 0 radical (unpaired) electrons. The summed E-state index contributed by atoms with van der Waals surface area (Å²) in [5.74, 6) is -7.12. The Balaban J connectivity index is 1.91. The molecule has 0 spiro atoms. The van der Waals surface area contributed by atoms with Crippen molar-refractivity contribution >= 4 is 29.6 Å². The Morgan fingerprint density at radius 3 is 2.04 bits per heavy atom. The first-order valence-electron chi connectivity index (χ1n) is 18.8. The minimum atomic E-state index is -3.03. The summed E-state index contributed by atoms with van der Waals surface area (Å²) in [6, 6.07) is 15.2. The molecular weight excluding hydrogens is 680 g/mol. The predicted octanol–water partition coefficient (Wildman–Crippen LogP) is 6.09. The number of rotatable bonds is 30. The Hall–Kier alpha value is -4.55. The molecule has 6 N–H and O–H groups in total. The average molecular weight is 739 g/mol. The number of benzene rings is 2. The monoisotopic (exact) mass is 738 g/mol. The number of aliphatic carboxylic acids is 3. The van der Waals surface area contributed by atoms with Gasteiger partial charge >= 0.3 is 17.9 Å². The van der Waals surface area contributed by atoms with Crippen LogP contribution >= 0.6 is 0 Å². The van der Waals surface area contributed by atoms with E-state index in [4.69, 9.17) is 4.74 Å². The summed E-state index contributed by atoms with van der Waals surface area (Å²) in [5.41, 5.74) is -1.28. The zero-order chi connectivity index (χ0) is 38.9. The normalized spacial score (nSPS) is 13.5. The van der Waals surface area contributed by atoms with Gasteiger partial charge in [-0.3, -0.25) is 14.4 Å². The fourth-order valence-corrected chi connectivity index (χ4v) is 5.87. The molecule has 1 amide bonds. The van der Waals surface area contributed by atoms with Gasteiger partial charge in [-0.1, -0.05) is 100 Å². The number of hydrogen-bond donors (Lipinski definition) is 6. The highest BCUT2D eigenvalue weighted by atomic mass is 16.5. The summed E-state index contributed by atoms with van der Waals surface area (Å²) in [6.07, 6.45) is 12.0. The largest absolute Gasteiger partial charge is 0.494 e. The lowest BCUT2D eigenvalue weighted by atomic mass is 9.82. The molecule has 0 unspecified atom stereocenters. The molecule has 0 fully saturated rings. The minimum absolute atomic E-state index is 0.160. The maximum absolute atomic E-state index is 13.4. The van der Waals surface area contributed by atoms with Gasteiger partial charge in [-0.15, -0.1) is 0 Å². The number of amides is 1. The quantitative estimate of drug-likeness (QED) is 0.0400. The lowest BCUT2D eigenvalue weighted by molar-refractivity contribution is -0.172. The highest BCUT2D eigenvalue weighted by Gasteiger charge is 2.49. The number of aliphatic hydroxyl groups is 1. The molecule has 0 bridgehead atoms. The number of ketones is 1. The van der Waals surface area contributed by atoms with Crippen molar-refractivity contribution in [3.8, 4) is 5.75 Å². The number of carbonyl (C=O) groups excluding carboxylic acids is 2. The van der Waals surface area contributed by atoms with Gasteiger partial charge in [0.05, 0.1) is 18.9 Å². The van der Waals surface area contributed by atoms with Crippen LogP contribution < -0.4 is 15.4 Å². The Morgan fingerprint density at radius 2 is 1.43 bits per heavy atom. The van der Waals surface area contributed by atoms with Crippen LogP contribution in [0.25, 0.3) is 0 Å². The van der Waals surface area contributed by atoms with Gasteiger partial charge in [0.25, 0.3) is 0 Å². The van der Waals surface area contributed by atoms with Crippen molar-refractivity contribution in [2.24, 2.45) is 5.92 Å². The van der Waals surface area contributed by atoms with Crippen molar-refractivity contribution < 1.29 is 49.1 Å². The van der Waals surface area contributed by atoms with Crippen LogP contribution in [0.15, 0.2) is 66.7 Å². The zero-order valence-corrected chi connectivity index (χ0v) is 31.0. The van der Waals surface area contributed by atoms with Gasteiger partial charge in [-0.25, -0.2) is 9.59 Å². The van der Waals surface area contributed by atoms with Gasteiger partial charge in [0.2, 0.25) is 5.91 Å². The zero-order valence-electron chi connectivity index (χ0n) is 31.0. The lowest BCUT2D eigenvalue weighted by Gasteiger charge is -2.29. The van der Waals surface area contributed by atoms with Gasteiger partial charge in [0.15, 0.2) is 5.60 Å². The van der Waals surface area contributed by atoms with Crippen LogP contribution in [0, 0.1) is 5.92 Å². The van der Waals surface area contributed by atoms with E-state index in [0.29, 0.717) is 43.6 Å². The molecular formula is C41H58N2O10. The van der Waals surface area contributed by atoms with Crippen LogP contribution in [0.3, 0.4) is 0 Å². The van der Waals surface area contributed by atoms with E-state index in [0.717, 1.165) is 70.5 Å². The number of nitrogens with one attached hydrogen (secondary N) is 2. The number of carboxylic acids is 3. The predicted molar refractivity (Wildman–Crippen MR) is 202 cm³/mol. The number of carbonyl (C=O) groups is 5. The van der Waals surface area contributed by atoms with E-state index in [2.05, 4.69) is 17.6 Å². The van der Waals surface area contributed by atoms with Crippen LogP contribution in [0.2, 0.25) is 0 Å². The van der Waals surface area contributed by atoms with Crippen LogP contribution in [0.1, 0.15) is 108 Å². The van der Waals surface area contributed by atoms with Crippen LogP contribution in [-0.2, 0) is 36.9 Å². The molecule has 0 aliphatic rings. The van der Waals surface area contributed by atoms with Crippen molar-refractivity contribution in [1.82, 2.24) is 10.6 Å². The molecule has 0 aliphatic carbocycles. The molecule has 2 aromatic carbocycles. The SMILES string of the molecule is CCCCCCCC(=O)CCCCCC/C=C/[C@@H](C(=O)N[C@@H](Cc1ccc(OCCCNCc2ccccc2)cc1)C(=O)O)[C@@](O)(CC(=O)O)C(=O)O. The first-order valence-corrected chi connectivity index (χ1v) is 18.8. The van der Waals surface area contributed by atoms with E-state index < -0.39 is 47.8 Å². The van der Waals surface area contributed by atoms with Gasteiger partial charge in [-0.05, 0) is 61.9 Å². The molecule has 0 saturated heterocycles. The first kappa shape index (κ1) is 44.6. The molecule has 0 aliphatic heterocycles. The Morgan fingerprint density at radius 1 is 0.792 bits per heavy atom. The van der Waals surface area contributed by atoms with Crippen molar-refractivity contribution in [2.75, 3.05) is 13.2 Å². The summed E-state index contributed by atoms with van der Waals surface area (Å²) in [4.78, 5) is 61.3. The third-order valence-electron chi connectivity index (χ3n) is 8.97. The number of carboxylic acid groups (broad SMARTS) is 3. The fourth-order valence-electron chi connectivity index (χ4n) is 5.87. The third-order valence-corrected chi connectivity index (χ3v) is 8.97.